The lowest BCUT2D eigenvalue weighted by atomic mass is 10.0. The quantitative estimate of drug-likeness (QED) is 0.742. The van der Waals surface area contributed by atoms with Crippen LogP contribution in [0.15, 0.2) is 51.8 Å². The van der Waals surface area contributed by atoms with Gasteiger partial charge in [-0.25, -0.2) is 0 Å². The molecule has 0 saturated heterocycles. The van der Waals surface area contributed by atoms with E-state index in [9.17, 15) is 4.79 Å². The van der Waals surface area contributed by atoms with E-state index >= 15 is 0 Å². The smallest absolute Gasteiger partial charge is 0.147 e. The second kappa shape index (κ2) is 6.67. The zero-order valence-electron chi connectivity index (χ0n) is 11.5. The molecule has 0 amide bonds. The molecular formula is C17H15BrO2S. The van der Waals surface area contributed by atoms with E-state index in [4.69, 9.17) is 4.74 Å². The van der Waals surface area contributed by atoms with Gasteiger partial charge < -0.3 is 4.74 Å². The van der Waals surface area contributed by atoms with Crippen LogP contribution in [0.5, 0.6) is 5.75 Å². The average molecular weight is 363 g/mol. The number of carbonyl (C=O) groups excluding carboxylic acids is 1. The van der Waals surface area contributed by atoms with E-state index in [1.807, 2.05) is 36.4 Å². The molecular weight excluding hydrogens is 348 g/mol. The molecule has 3 rings (SSSR count). The Bertz CT molecular complexity index is 655. The monoisotopic (exact) mass is 362 g/mol. The number of hydrogen-bond acceptors (Lipinski definition) is 3. The highest BCUT2D eigenvalue weighted by molar-refractivity contribution is 9.10. The number of carbonyl (C=O) groups is 1. The Morgan fingerprint density at radius 1 is 1.24 bits per heavy atom. The highest BCUT2D eigenvalue weighted by Gasteiger charge is 2.19. The largest absolute Gasteiger partial charge is 0.493 e. The van der Waals surface area contributed by atoms with Gasteiger partial charge in [0.1, 0.15) is 11.5 Å². The fourth-order valence-electron chi connectivity index (χ4n) is 2.42. The molecule has 0 radical (unpaired) electrons. The van der Waals surface area contributed by atoms with Crippen LogP contribution in [0.2, 0.25) is 0 Å². The van der Waals surface area contributed by atoms with Crippen molar-refractivity contribution in [3.8, 4) is 5.75 Å². The molecule has 0 fully saturated rings. The van der Waals surface area contributed by atoms with E-state index in [2.05, 4.69) is 22.0 Å². The van der Waals surface area contributed by atoms with Gasteiger partial charge in [-0.15, -0.1) is 11.8 Å². The summed E-state index contributed by atoms with van der Waals surface area (Å²) in [6.45, 7) is 0.714. The molecule has 0 spiro atoms. The summed E-state index contributed by atoms with van der Waals surface area (Å²) in [6.07, 6.45) is 1.36. The normalized spacial score (nSPS) is 12.8. The molecule has 0 atom stereocenters. The Morgan fingerprint density at radius 2 is 2.05 bits per heavy atom. The Morgan fingerprint density at radius 3 is 2.86 bits per heavy atom. The number of halogens is 1. The molecule has 1 aliphatic heterocycles. The zero-order valence-corrected chi connectivity index (χ0v) is 13.9. The number of thioether (sulfide) groups is 1. The third-order valence-corrected chi connectivity index (χ3v) is 4.89. The van der Waals surface area contributed by atoms with Crippen LogP contribution in [0.1, 0.15) is 11.1 Å². The number of Topliss-reactive ketones (excluding diaryl/α,β-unsaturated/α-hetero) is 1. The van der Waals surface area contributed by atoms with Crippen molar-refractivity contribution in [1.29, 1.82) is 0 Å². The molecule has 2 aromatic rings. The lowest BCUT2D eigenvalue weighted by Gasteiger charge is -2.08. The van der Waals surface area contributed by atoms with Crippen LogP contribution in [-0.4, -0.2) is 18.1 Å². The number of benzene rings is 2. The van der Waals surface area contributed by atoms with Crippen LogP contribution in [0.4, 0.5) is 0 Å². The van der Waals surface area contributed by atoms with Crippen molar-refractivity contribution in [2.24, 2.45) is 0 Å². The van der Waals surface area contributed by atoms with Gasteiger partial charge in [0.2, 0.25) is 0 Å². The number of ether oxygens (including phenoxy) is 1. The third kappa shape index (κ3) is 3.69. The average Bonchev–Trinajstić information content (AvgIpc) is 2.94. The van der Waals surface area contributed by atoms with Crippen molar-refractivity contribution < 1.29 is 9.53 Å². The fraction of sp³-hybridized carbons (Fsp3) is 0.235. The Hall–Kier alpha value is -1.26. The predicted molar refractivity (Wildman–Crippen MR) is 89.2 cm³/mol. The number of ketones is 1. The molecule has 1 aliphatic rings. The molecule has 1 heterocycles. The van der Waals surface area contributed by atoms with Crippen molar-refractivity contribution in [3.63, 3.8) is 0 Å². The molecule has 0 aromatic heterocycles. The van der Waals surface area contributed by atoms with Gasteiger partial charge in [0, 0.05) is 27.8 Å². The zero-order chi connectivity index (χ0) is 14.7. The van der Waals surface area contributed by atoms with Crippen molar-refractivity contribution in [2.75, 3.05) is 12.4 Å². The molecule has 2 aromatic carbocycles. The van der Waals surface area contributed by atoms with Crippen molar-refractivity contribution in [2.45, 2.75) is 17.7 Å². The molecule has 4 heteroatoms. The van der Waals surface area contributed by atoms with Crippen LogP contribution in [0.3, 0.4) is 0 Å². The highest BCUT2D eigenvalue weighted by Crippen LogP contribution is 2.33. The van der Waals surface area contributed by atoms with E-state index in [0.29, 0.717) is 18.8 Å². The van der Waals surface area contributed by atoms with E-state index in [-0.39, 0.29) is 5.78 Å². The van der Waals surface area contributed by atoms with E-state index in [1.165, 1.54) is 5.56 Å². The summed E-state index contributed by atoms with van der Waals surface area (Å²) in [7, 11) is 0. The summed E-state index contributed by atoms with van der Waals surface area (Å²) in [4.78, 5) is 13.3. The SMILES string of the molecule is O=C(CSc1ccccc1)Cc1cc(Br)cc2c1OCC2. The van der Waals surface area contributed by atoms with Crippen molar-refractivity contribution in [3.05, 3.63) is 58.1 Å². The molecule has 0 bridgehead atoms. The highest BCUT2D eigenvalue weighted by atomic mass is 79.9. The van der Waals surface area contributed by atoms with Gasteiger partial charge in [-0.3, -0.25) is 4.79 Å². The minimum atomic E-state index is 0.222. The number of hydrogen-bond donors (Lipinski definition) is 0. The first-order valence-corrected chi connectivity index (χ1v) is 8.64. The number of rotatable bonds is 5. The fourth-order valence-corrected chi connectivity index (χ4v) is 3.75. The second-order valence-corrected chi connectivity index (χ2v) is 6.93. The maximum atomic E-state index is 12.2. The van der Waals surface area contributed by atoms with Gasteiger partial charge in [0.15, 0.2) is 0 Å². The van der Waals surface area contributed by atoms with E-state index < -0.39 is 0 Å². The van der Waals surface area contributed by atoms with Crippen LogP contribution >= 0.6 is 27.7 Å². The summed E-state index contributed by atoms with van der Waals surface area (Å²) < 4.78 is 6.69. The topological polar surface area (TPSA) is 26.3 Å². The molecule has 108 valence electrons. The summed E-state index contributed by atoms with van der Waals surface area (Å²) in [5.74, 6) is 1.63. The molecule has 0 saturated carbocycles. The summed E-state index contributed by atoms with van der Waals surface area (Å²) in [5, 5.41) is 0. The van der Waals surface area contributed by atoms with Crippen LogP contribution < -0.4 is 4.74 Å². The Kier molecular flexibility index (Phi) is 4.66. The Balaban J connectivity index is 1.65. The van der Waals surface area contributed by atoms with Gasteiger partial charge >= 0.3 is 0 Å². The lowest BCUT2D eigenvalue weighted by Crippen LogP contribution is -2.07. The summed E-state index contributed by atoms with van der Waals surface area (Å²) >= 11 is 5.09. The Labute approximate surface area is 137 Å². The van der Waals surface area contributed by atoms with Gasteiger partial charge in [-0.05, 0) is 29.8 Å². The predicted octanol–water partition coefficient (Wildman–Crippen LogP) is 4.29. The minimum Gasteiger partial charge on any atom is -0.493 e. The molecule has 0 N–H and O–H groups in total. The van der Waals surface area contributed by atoms with Gasteiger partial charge in [0.05, 0.1) is 12.4 Å². The van der Waals surface area contributed by atoms with Gasteiger partial charge in [-0.1, -0.05) is 34.1 Å². The van der Waals surface area contributed by atoms with E-state index in [0.717, 1.165) is 27.1 Å². The third-order valence-electron chi connectivity index (χ3n) is 3.36. The summed E-state index contributed by atoms with van der Waals surface area (Å²) in [6, 6.07) is 14.1. The molecule has 0 unspecified atom stereocenters. The van der Waals surface area contributed by atoms with Crippen molar-refractivity contribution in [1.82, 2.24) is 0 Å². The maximum Gasteiger partial charge on any atom is 0.147 e. The molecule has 2 nitrogen and oxygen atoms in total. The van der Waals surface area contributed by atoms with E-state index in [1.54, 1.807) is 11.8 Å². The van der Waals surface area contributed by atoms with Crippen LogP contribution in [0.25, 0.3) is 0 Å². The first kappa shape index (κ1) is 14.7. The van der Waals surface area contributed by atoms with Gasteiger partial charge in [-0.2, -0.15) is 0 Å². The van der Waals surface area contributed by atoms with Crippen LogP contribution in [-0.2, 0) is 17.6 Å². The first-order valence-electron chi connectivity index (χ1n) is 6.86. The second-order valence-electron chi connectivity index (χ2n) is 4.97. The van der Waals surface area contributed by atoms with Crippen molar-refractivity contribution >= 4 is 33.5 Å². The standard InChI is InChI=1S/C17H15BrO2S/c18-14-8-12-6-7-20-17(12)13(9-14)10-15(19)11-21-16-4-2-1-3-5-16/h1-5,8-9H,6-7,10-11H2. The molecule has 0 aliphatic carbocycles. The first-order chi connectivity index (χ1) is 10.2. The lowest BCUT2D eigenvalue weighted by molar-refractivity contribution is -0.116. The maximum absolute atomic E-state index is 12.2. The number of fused-ring (bicyclic) bond motifs is 1. The van der Waals surface area contributed by atoms with Gasteiger partial charge in [0.25, 0.3) is 0 Å². The summed E-state index contributed by atoms with van der Waals surface area (Å²) in [5.41, 5.74) is 2.19. The van der Waals surface area contributed by atoms with Crippen LogP contribution in [0, 0.1) is 0 Å². The molecule has 21 heavy (non-hydrogen) atoms. The minimum absolute atomic E-state index is 0.222.